The fourth-order valence-corrected chi connectivity index (χ4v) is 3.62. The molecule has 2 unspecified atom stereocenters. The first kappa shape index (κ1) is 12.3. The third-order valence-electron chi connectivity index (χ3n) is 4.87. The molecule has 2 atom stereocenters. The normalized spacial score (nSPS) is 38.8. The molecule has 0 aromatic heterocycles. The molecule has 2 fully saturated rings. The van der Waals surface area contributed by atoms with Crippen molar-refractivity contribution in [3.05, 3.63) is 0 Å². The summed E-state index contributed by atoms with van der Waals surface area (Å²) in [4.78, 5) is 5.15. The Kier molecular flexibility index (Phi) is 3.88. The molecule has 94 valence electrons. The molecule has 0 spiro atoms. The van der Waals surface area contributed by atoms with Gasteiger partial charge >= 0.3 is 0 Å². The van der Waals surface area contributed by atoms with Gasteiger partial charge in [0.05, 0.1) is 0 Å². The largest absolute Gasteiger partial charge is 0.329 e. The van der Waals surface area contributed by atoms with Crippen LogP contribution in [0.25, 0.3) is 0 Å². The topological polar surface area (TPSA) is 32.5 Å². The van der Waals surface area contributed by atoms with Crippen LogP contribution in [0.4, 0.5) is 0 Å². The molecule has 3 heteroatoms. The van der Waals surface area contributed by atoms with E-state index in [1.54, 1.807) is 0 Å². The molecule has 0 amide bonds. The number of likely N-dealkylation sites (N-methyl/N-ethyl adjacent to an activating group) is 1. The molecule has 1 saturated heterocycles. The Hall–Kier alpha value is -0.120. The lowest BCUT2D eigenvalue weighted by Gasteiger charge is -2.43. The third-order valence-corrected chi connectivity index (χ3v) is 4.87. The van der Waals surface area contributed by atoms with Crippen LogP contribution in [0.2, 0.25) is 0 Å². The highest BCUT2D eigenvalue weighted by Gasteiger charge is 2.43. The molecular formula is C13H27N3. The molecule has 0 bridgehead atoms. The van der Waals surface area contributed by atoms with E-state index < -0.39 is 0 Å². The van der Waals surface area contributed by atoms with Crippen molar-refractivity contribution in [1.29, 1.82) is 0 Å². The van der Waals surface area contributed by atoms with Crippen molar-refractivity contribution in [1.82, 2.24) is 9.80 Å². The average molecular weight is 225 g/mol. The molecular weight excluding hydrogens is 198 g/mol. The van der Waals surface area contributed by atoms with Gasteiger partial charge in [0, 0.05) is 31.7 Å². The van der Waals surface area contributed by atoms with Crippen molar-refractivity contribution < 1.29 is 0 Å². The highest BCUT2D eigenvalue weighted by Crippen LogP contribution is 2.39. The molecule has 2 aliphatic rings. The van der Waals surface area contributed by atoms with Gasteiger partial charge in [-0.15, -0.1) is 0 Å². The van der Waals surface area contributed by atoms with E-state index in [0.29, 0.717) is 5.54 Å². The van der Waals surface area contributed by atoms with E-state index in [-0.39, 0.29) is 0 Å². The second-order valence-corrected chi connectivity index (χ2v) is 5.74. The molecule has 1 aliphatic heterocycles. The van der Waals surface area contributed by atoms with Gasteiger partial charge in [0.2, 0.25) is 0 Å². The molecule has 1 saturated carbocycles. The first-order chi connectivity index (χ1) is 7.69. The third kappa shape index (κ3) is 2.13. The minimum absolute atomic E-state index is 0.325. The lowest BCUT2D eigenvalue weighted by atomic mass is 9.86. The van der Waals surface area contributed by atoms with Crippen LogP contribution in [0.5, 0.6) is 0 Å². The standard InChI is InChI=1S/C13H27N3/c1-12-5-3-6-13(12,11-14)16-8-4-7-15(2)9-10-16/h12H,3-11,14H2,1-2H3. The number of hydrogen-bond acceptors (Lipinski definition) is 3. The molecule has 0 radical (unpaired) electrons. The van der Waals surface area contributed by atoms with Crippen LogP contribution in [-0.2, 0) is 0 Å². The number of hydrogen-bond donors (Lipinski definition) is 1. The van der Waals surface area contributed by atoms with Crippen LogP contribution in [0.1, 0.15) is 32.6 Å². The van der Waals surface area contributed by atoms with E-state index in [4.69, 9.17) is 5.73 Å². The van der Waals surface area contributed by atoms with E-state index in [1.165, 1.54) is 51.9 Å². The Morgan fingerprint density at radius 1 is 1.19 bits per heavy atom. The highest BCUT2D eigenvalue weighted by molar-refractivity contribution is 5.00. The second kappa shape index (κ2) is 5.03. The SMILES string of the molecule is CC1CCCC1(CN)N1CCCN(C)CC1. The quantitative estimate of drug-likeness (QED) is 0.765. The lowest BCUT2D eigenvalue weighted by molar-refractivity contribution is 0.0681. The molecule has 2 rings (SSSR count). The van der Waals surface area contributed by atoms with Gasteiger partial charge in [0.25, 0.3) is 0 Å². The number of nitrogens with zero attached hydrogens (tertiary/aromatic N) is 2. The molecule has 3 nitrogen and oxygen atoms in total. The smallest absolute Gasteiger partial charge is 0.0357 e. The molecule has 0 aromatic carbocycles. The summed E-state index contributed by atoms with van der Waals surface area (Å²) in [7, 11) is 2.23. The van der Waals surface area contributed by atoms with Gasteiger partial charge in [-0.3, -0.25) is 4.90 Å². The van der Waals surface area contributed by atoms with E-state index >= 15 is 0 Å². The average Bonchev–Trinajstić information content (AvgIpc) is 2.51. The molecule has 2 N–H and O–H groups in total. The fraction of sp³-hybridized carbons (Fsp3) is 1.00. The maximum atomic E-state index is 6.12. The minimum Gasteiger partial charge on any atom is -0.329 e. The summed E-state index contributed by atoms with van der Waals surface area (Å²) in [5.74, 6) is 0.779. The van der Waals surface area contributed by atoms with Crippen molar-refractivity contribution in [3.8, 4) is 0 Å². The number of rotatable bonds is 2. The van der Waals surface area contributed by atoms with Crippen molar-refractivity contribution in [2.75, 3.05) is 39.8 Å². The van der Waals surface area contributed by atoms with Gasteiger partial charge in [0.15, 0.2) is 0 Å². The summed E-state index contributed by atoms with van der Waals surface area (Å²) in [5, 5.41) is 0. The fourth-order valence-electron chi connectivity index (χ4n) is 3.62. The van der Waals surface area contributed by atoms with Gasteiger partial charge in [-0.25, -0.2) is 0 Å². The monoisotopic (exact) mass is 225 g/mol. The van der Waals surface area contributed by atoms with Crippen LogP contribution >= 0.6 is 0 Å². The summed E-state index contributed by atoms with van der Waals surface area (Å²) in [5.41, 5.74) is 6.45. The molecule has 1 aliphatic carbocycles. The predicted octanol–water partition coefficient (Wildman–Crippen LogP) is 1.14. The highest BCUT2D eigenvalue weighted by atomic mass is 15.3. The van der Waals surface area contributed by atoms with Crippen LogP contribution < -0.4 is 5.73 Å². The maximum absolute atomic E-state index is 6.12. The number of nitrogens with two attached hydrogens (primary N) is 1. The van der Waals surface area contributed by atoms with Gasteiger partial charge < -0.3 is 10.6 Å². The molecule has 1 heterocycles. The molecule has 0 aromatic rings. The van der Waals surface area contributed by atoms with Gasteiger partial charge in [-0.1, -0.05) is 13.3 Å². The maximum Gasteiger partial charge on any atom is 0.0357 e. The Morgan fingerprint density at radius 3 is 2.62 bits per heavy atom. The van der Waals surface area contributed by atoms with Crippen LogP contribution in [0.15, 0.2) is 0 Å². The van der Waals surface area contributed by atoms with Crippen molar-refractivity contribution >= 4 is 0 Å². The van der Waals surface area contributed by atoms with E-state index in [9.17, 15) is 0 Å². The Balaban J connectivity index is 2.08. The summed E-state index contributed by atoms with van der Waals surface area (Å²) >= 11 is 0. The van der Waals surface area contributed by atoms with Crippen molar-refractivity contribution in [3.63, 3.8) is 0 Å². The summed E-state index contributed by atoms with van der Waals surface area (Å²) in [6.45, 7) is 8.14. The zero-order chi connectivity index (χ0) is 11.6. The molecule has 16 heavy (non-hydrogen) atoms. The summed E-state index contributed by atoms with van der Waals surface area (Å²) in [6.07, 6.45) is 5.34. The zero-order valence-corrected chi connectivity index (χ0v) is 10.9. The van der Waals surface area contributed by atoms with E-state index in [0.717, 1.165) is 12.5 Å². The van der Waals surface area contributed by atoms with Gasteiger partial charge in [0.1, 0.15) is 0 Å². The van der Waals surface area contributed by atoms with Crippen LogP contribution in [-0.4, -0.2) is 55.1 Å². The van der Waals surface area contributed by atoms with Crippen molar-refractivity contribution in [2.24, 2.45) is 11.7 Å². The van der Waals surface area contributed by atoms with Gasteiger partial charge in [-0.05, 0) is 38.8 Å². The lowest BCUT2D eigenvalue weighted by Crippen LogP contribution is -2.56. The summed E-state index contributed by atoms with van der Waals surface area (Å²) in [6, 6.07) is 0. The Morgan fingerprint density at radius 2 is 2.00 bits per heavy atom. The van der Waals surface area contributed by atoms with Crippen molar-refractivity contribution in [2.45, 2.75) is 38.1 Å². The van der Waals surface area contributed by atoms with E-state index in [1.807, 2.05) is 0 Å². The minimum atomic E-state index is 0.325. The second-order valence-electron chi connectivity index (χ2n) is 5.74. The first-order valence-electron chi connectivity index (χ1n) is 6.83. The van der Waals surface area contributed by atoms with E-state index in [2.05, 4.69) is 23.8 Å². The predicted molar refractivity (Wildman–Crippen MR) is 68.5 cm³/mol. The Labute approximate surface area is 100.0 Å². The Bertz CT molecular complexity index is 231. The summed E-state index contributed by atoms with van der Waals surface area (Å²) < 4.78 is 0. The van der Waals surface area contributed by atoms with Crippen LogP contribution in [0, 0.1) is 5.92 Å². The first-order valence-corrected chi connectivity index (χ1v) is 6.83. The zero-order valence-electron chi connectivity index (χ0n) is 10.9. The van der Waals surface area contributed by atoms with Crippen LogP contribution in [0.3, 0.4) is 0 Å². The van der Waals surface area contributed by atoms with Gasteiger partial charge in [-0.2, -0.15) is 0 Å².